The van der Waals surface area contributed by atoms with E-state index in [-0.39, 0.29) is 0 Å². The van der Waals surface area contributed by atoms with Gasteiger partial charge in [-0.1, -0.05) is 6.07 Å². The maximum atomic E-state index is 4.74. The van der Waals surface area contributed by atoms with Gasteiger partial charge in [-0.05, 0) is 37.3 Å². The van der Waals surface area contributed by atoms with Gasteiger partial charge in [-0.3, -0.25) is 4.98 Å². The van der Waals surface area contributed by atoms with Crippen molar-refractivity contribution in [3.63, 3.8) is 0 Å². The molecule has 0 N–H and O–H groups in total. The Bertz CT molecular complexity index is 564. The van der Waals surface area contributed by atoms with Gasteiger partial charge in [0.25, 0.3) is 0 Å². The molecule has 0 radical (unpaired) electrons. The molecule has 0 spiro atoms. The SMILES string of the molecule is c1cncc(C2CCCN2c2nc(C3CC3)ns2)c1. The van der Waals surface area contributed by atoms with Crippen molar-refractivity contribution in [2.45, 2.75) is 37.6 Å². The van der Waals surface area contributed by atoms with Crippen LogP contribution in [0.4, 0.5) is 5.13 Å². The van der Waals surface area contributed by atoms with Crippen LogP contribution in [0.5, 0.6) is 0 Å². The van der Waals surface area contributed by atoms with Crippen molar-refractivity contribution in [3.8, 4) is 0 Å². The van der Waals surface area contributed by atoms with Crippen LogP contribution in [-0.2, 0) is 0 Å². The Hall–Kier alpha value is -1.49. The minimum absolute atomic E-state index is 0.425. The highest BCUT2D eigenvalue weighted by Gasteiger charge is 2.32. The maximum Gasteiger partial charge on any atom is 0.205 e. The number of hydrogen-bond donors (Lipinski definition) is 0. The van der Waals surface area contributed by atoms with Crippen molar-refractivity contribution in [1.29, 1.82) is 0 Å². The van der Waals surface area contributed by atoms with Gasteiger partial charge in [0, 0.05) is 36.4 Å². The normalized spacial score (nSPS) is 22.9. The van der Waals surface area contributed by atoms with Gasteiger partial charge < -0.3 is 4.90 Å². The number of anilines is 1. The van der Waals surface area contributed by atoms with Crippen LogP contribution in [0.2, 0.25) is 0 Å². The third-order valence-corrected chi connectivity index (χ3v) is 4.71. The number of pyridine rings is 1. The molecule has 19 heavy (non-hydrogen) atoms. The van der Waals surface area contributed by atoms with Crippen molar-refractivity contribution in [3.05, 3.63) is 35.9 Å². The molecule has 2 aromatic heterocycles. The fourth-order valence-electron chi connectivity index (χ4n) is 2.77. The minimum atomic E-state index is 0.425. The van der Waals surface area contributed by atoms with E-state index in [1.54, 1.807) is 11.5 Å². The molecule has 0 aromatic carbocycles. The highest BCUT2D eigenvalue weighted by molar-refractivity contribution is 7.09. The van der Waals surface area contributed by atoms with E-state index < -0.39 is 0 Å². The van der Waals surface area contributed by atoms with Crippen molar-refractivity contribution in [1.82, 2.24) is 14.3 Å². The molecule has 1 saturated carbocycles. The van der Waals surface area contributed by atoms with Crippen LogP contribution in [0.3, 0.4) is 0 Å². The van der Waals surface area contributed by atoms with Crippen molar-refractivity contribution in [2.75, 3.05) is 11.4 Å². The summed E-state index contributed by atoms with van der Waals surface area (Å²) in [6.07, 6.45) is 8.75. The minimum Gasteiger partial charge on any atom is -0.340 e. The van der Waals surface area contributed by atoms with Gasteiger partial charge in [-0.2, -0.15) is 4.37 Å². The average Bonchev–Trinajstić information content (AvgIpc) is 3.02. The van der Waals surface area contributed by atoms with E-state index in [0.29, 0.717) is 12.0 Å². The number of aromatic nitrogens is 3. The molecule has 1 saturated heterocycles. The fourth-order valence-corrected chi connectivity index (χ4v) is 3.59. The summed E-state index contributed by atoms with van der Waals surface area (Å²) in [7, 11) is 0. The molecule has 0 amide bonds. The summed E-state index contributed by atoms with van der Waals surface area (Å²) in [6, 6.07) is 4.61. The van der Waals surface area contributed by atoms with E-state index in [2.05, 4.69) is 20.3 Å². The topological polar surface area (TPSA) is 41.9 Å². The Morgan fingerprint density at radius 2 is 2.21 bits per heavy atom. The van der Waals surface area contributed by atoms with Crippen molar-refractivity contribution >= 4 is 16.7 Å². The zero-order valence-electron chi connectivity index (χ0n) is 10.7. The highest BCUT2D eigenvalue weighted by atomic mass is 32.1. The molecular formula is C14H16N4S. The summed E-state index contributed by atoms with van der Waals surface area (Å²) in [5.41, 5.74) is 1.29. The van der Waals surface area contributed by atoms with Crippen LogP contribution in [0.1, 0.15) is 49.0 Å². The summed E-state index contributed by atoms with van der Waals surface area (Å²) in [5.74, 6) is 1.71. The van der Waals surface area contributed by atoms with Crippen LogP contribution >= 0.6 is 11.5 Å². The van der Waals surface area contributed by atoms with Crippen molar-refractivity contribution in [2.24, 2.45) is 0 Å². The molecule has 3 heterocycles. The van der Waals surface area contributed by atoms with Crippen molar-refractivity contribution < 1.29 is 0 Å². The summed E-state index contributed by atoms with van der Waals surface area (Å²) in [6.45, 7) is 1.08. The molecule has 1 aliphatic heterocycles. The van der Waals surface area contributed by atoms with E-state index >= 15 is 0 Å². The van der Waals surface area contributed by atoms with Gasteiger partial charge in [0.2, 0.25) is 5.13 Å². The number of nitrogens with zero attached hydrogens (tertiary/aromatic N) is 4. The average molecular weight is 272 g/mol. The van der Waals surface area contributed by atoms with Crippen LogP contribution in [0.25, 0.3) is 0 Å². The van der Waals surface area contributed by atoms with Gasteiger partial charge in [0.1, 0.15) is 5.82 Å². The lowest BCUT2D eigenvalue weighted by atomic mass is 10.1. The third kappa shape index (κ3) is 2.12. The van der Waals surface area contributed by atoms with Gasteiger partial charge in [-0.25, -0.2) is 4.98 Å². The predicted octanol–water partition coefficient (Wildman–Crippen LogP) is 3.15. The standard InChI is InChI=1S/C14H16N4S/c1-3-11(9-15-7-1)12-4-2-8-18(12)14-16-13(17-19-14)10-5-6-10/h1,3,7,9-10,12H,2,4-6,8H2. The lowest BCUT2D eigenvalue weighted by Crippen LogP contribution is -2.22. The second kappa shape index (κ2) is 4.56. The Morgan fingerprint density at radius 1 is 1.26 bits per heavy atom. The number of hydrogen-bond acceptors (Lipinski definition) is 5. The fraction of sp³-hybridized carbons (Fsp3) is 0.500. The first-order valence-corrected chi connectivity index (χ1v) is 7.69. The van der Waals surface area contributed by atoms with Gasteiger partial charge >= 0.3 is 0 Å². The molecule has 4 nitrogen and oxygen atoms in total. The smallest absolute Gasteiger partial charge is 0.205 e. The zero-order chi connectivity index (χ0) is 12.7. The molecule has 2 fully saturated rings. The van der Waals surface area contributed by atoms with E-state index in [9.17, 15) is 0 Å². The Kier molecular flexibility index (Phi) is 2.72. The van der Waals surface area contributed by atoms with Gasteiger partial charge in [-0.15, -0.1) is 0 Å². The second-order valence-electron chi connectivity index (χ2n) is 5.35. The Labute approximate surface area is 116 Å². The largest absolute Gasteiger partial charge is 0.340 e. The first-order valence-electron chi connectivity index (χ1n) is 6.92. The lowest BCUT2D eigenvalue weighted by molar-refractivity contribution is 0.712. The third-order valence-electron chi connectivity index (χ3n) is 3.94. The Balaban J connectivity index is 1.61. The summed E-state index contributed by atoms with van der Waals surface area (Å²) in [5, 5.41) is 1.09. The van der Waals surface area contributed by atoms with Gasteiger partial charge in [0.05, 0.1) is 6.04 Å². The maximum absolute atomic E-state index is 4.74. The monoisotopic (exact) mass is 272 g/mol. The molecule has 1 aliphatic carbocycles. The van der Waals surface area contributed by atoms with E-state index in [1.165, 1.54) is 31.2 Å². The molecule has 0 bridgehead atoms. The molecule has 2 aliphatic rings. The quantitative estimate of drug-likeness (QED) is 0.860. The summed E-state index contributed by atoms with van der Waals surface area (Å²) in [4.78, 5) is 11.4. The lowest BCUT2D eigenvalue weighted by Gasteiger charge is -2.23. The van der Waals surface area contributed by atoms with Crippen LogP contribution in [0.15, 0.2) is 24.5 Å². The summed E-state index contributed by atoms with van der Waals surface area (Å²) >= 11 is 1.56. The molecular weight excluding hydrogens is 256 g/mol. The second-order valence-corrected chi connectivity index (χ2v) is 6.08. The molecule has 4 rings (SSSR count). The Morgan fingerprint density at radius 3 is 3.00 bits per heavy atom. The van der Waals surface area contributed by atoms with Crippen LogP contribution < -0.4 is 4.90 Å². The van der Waals surface area contributed by atoms with E-state index in [4.69, 9.17) is 4.98 Å². The first kappa shape index (κ1) is 11.3. The molecule has 2 aromatic rings. The van der Waals surface area contributed by atoms with E-state index in [0.717, 1.165) is 17.5 Å². The van der Waals surface area contributed by atoms with E-state index in [1.807, 2.05) is 18.5 Å². The predicted molar refractivity (Wildman–Crippen MR) is 75.4 cm³/mol. The number of rotatable bonds is 3. The molecule has 1 unspecified atom stereocenters. The first-order chi connectivity index (χ1) is 9.42. The zero-order valence-corrected chi connectivity index (χ0v) is 11.5. The molecule has 1 atom stereocenters. The molecule has 98 valence electrons. The molecule has 5 heteroatoms. The van der Waals surface area contributed by atoms with Gasteiger partial charge in [0.15, 0.2) is 0 Å². The van der Waals surface area contributed by atoms with Crippen LogP contribution in [-0.4, -0.2) is 20.9 Å². The summed E-state index contributed by atoms with van der Waals surface area (Å²) < 4.78 is 4.52. The highest BCUT2D eigenvalue weighted by Crippen LogP contribution is 2.42. The van der Waals surface area contributed by atoms with Crippen LogP contribution in [0, 0.1) is 0 Å².